The first-order chi connectivity index (χ1) is 6.81. The zero-order valence-electron chi connectivity index (χ0n) is 9.17. The molecular weight excluding hydrogens is 174 g/mol. The quantitative estimate of drug-likeness (QED) is 0.685. The van der Waals surface area contributed by atoms with E-state index in [0.717, 1.165) is 38.4 Å². The van der Waals surface area contributed by atoms with Crippen molar-refractivity contribution >= 4 is 5.78 Å². The summed E-state index contributed by atoms with van der Waals surface area (Å²) in [6.45, 7) is 4.38. The van der Waals surface area contributed by atoms with Gasteiger partial charge in [0.15, 0.2) is 0 Å². The largest absolute Gasteiger partial charge is 0.300 e. The van der Waals surface area contributed by atoms with Crippen molar-refractivity contribution in [3.05, 3.63) is 0 Å². The van der Waals surface area contributed by atoms with E-state index in [2.05, 4.69) is 11.8 Å². The van der Waals surface area contributed by atoms with Crippen LogP contribution in [0.1, 0.15) is 45.4 Å². The molecule has 0 aromatic rings. The fourth-order valence-corrected chi connectivity index (χ4v) is 2.51. The van der Waals surface area contributed by atoms with Gasteiger partial charge in [-0.3, -0.25) is 9.69 Å². The van der Waals surface area contributed by atoms with Gasteiger partial charge in [0.05, 0.1) is 0 Å². The molecule has 2 nitrogen and oxygen atoms in total. The Bertz CT molecular complexity index is 210. The van der Waals surface area contributed by atoms with Crippen molar-refractivity contribution in [3.63, 3.8) is 0 Å². The monoisotopic (exact) mass is 195 g/mol. The summed E-state index contributed by atoms with van der Waals surface area (Å²) in [7, 11) is 0. The molecule has 0 heterocycles. The smallest absolute Gasteiger partial charge is 0.137 e. The first-order valence-corrected chi connectivity index (χ1v) is 6.08. The third kappa shape index (κ3) is 2.35. The lowest BCUT2D eigenvalue weighted by Gasteiger charge is -2.27. The zero-order valence-corrected chi connectivity index (χ0v) is 9.17. The second-order valence-corrected chi connectivity index (χ2v) is 4.73. The average molecular weight is 195 g/mol. The first-order valence-electron chi connectivity index (χ1n) is 6.08. The van der Waals surface area contributed by atoms with Crippen LogP contribution >= 0.6 is 0 Å². The van der Waals surface area contributed by atoms with Gasteiger partial charge in [-0.2, -0.15) is 0 Å². The van der Waals surface area contributed by atoms with Crippen LogP contribution < -0.4 is 0 Å². The molecule has 0 spiro atoms. The van der Waals surface area contributed by atoms with Crippen molar-refractivity contribution in [1.29, 1.82) is 0 Å². The number of hydrogen-bond acceptors (Lipinski definition) is 2. The highest BCUT2D eigenvalue weighted by atomic mass is 16.1. The highest BCUT2D eigenvalue weighted by Gasteiger charge is 2.31. The van der Waals surface area contributed by atoms with Gasteiger partial charge in [-0.1, -0.05) is 13.3 Å². The van der Waals surface area contributed by atoms with Crippen LogP contribution in [0.15, 0.2) is 0 Å². The lowest BCUT2D eigenvalue weighted by Crippen LogP contribution is -2.36. The maximum Gasteiger partial charge on any atom is 0.137 e. The number of ketones is 1. The van der Waals surface area contributed by atoms with E-state index in [0.29, 0.717) is 11.7 Å². The molecule has 0 aliphatic heterocycles. The number of rotatable bonds is 4. The van der Waals surface area contributed by atoms with Crippen LogP contribution in [0.25, 0.3) is 0 Å². The maximum atomic E-state index is 11.7. The van der Waals surface area contributed by atoms with E-state index in [4.69, 9.17) is 0 Å². The summed E-state index contributed by atoms with van der Waals surface area (Å²) in [5, 5.41) is 0. The molecule has 0 aromatic heterocycles. The molecule has 80 valence electrons. The summed E-state index contributed by atoms with van der Waals surface area (Å²) in [6, 6.07) is 0.815. The molecule has 0 bridgehead atoms. The van der Waals surface area contributed by atoms with Crippen LogP contribution in [0.4, 0.5) is 0 Å². The van der Waals surface area contributed by atoms with Gasteiger partial charge in [-0.25, -0.2) is 0 Å². The summed E-state index contributed by atoms with van der Waals surface area (Å²) >= 11 is 0. The minimum Gasteiger partial charge on any atom is -0.300 e. The predicted octanol–water partition coefficient (Wildman–Crippen LogP) is 2.23. The first kappa shape index (κ1) is 10.2. The molecule has 2 aliphatic carbocycles. The topological polar surface area (TPSA) is 20.3 Å². The third-order valence-electron chi connectivity index (χ3n) is 3.61. The van der Waals surface area contributed by atoms with E-state index in [1.807, 2.05) is 0 Å². The number of carbonyl (C=O) groups is 1. The molecule has 0 radical (unpaired) electrons. The molecule has 2 heteroatoms. The Hall–Kier alpha value is -0.370. The van der Waals surface area contributed by atoms with Crippen molar-refractivity contribution in [2.24, 2.45) is 5.92 Å². The lowest BCUT2D eigenvalue weighted by molar-refractivity contribution is -0.125. The molecule has 0 N–H and O–H groups in total. The van der Waals surface area contributed by atoms with Crippen molar-refractivity contribution in [2.45, 2.75) is 51.5 Å². The molecular formula is C12H21NO. The van der Waals surface area contributed by atoms with Gasteiger partial charge in [0.1, 0.15) is 5.78 Å². The predicted molar refractivity (Wildman–Crippen MR) is 57.2 cm³/mol. The Morgan fingerprint density at radius 3 is 2.64 bits per heavy atom. The molecule has 14 heavy (non-hydrogen) atoms. The third-order valence-corrected chi connectivity index (χ3v) is 3.61. The van der Waals surface area contributed by atoms with Gasteiger partial charge in [0, 0.05) is 24.9 Å². The number of carbonyl (C=O) groups excluding carboxylic acids is 1. The molecule has 2 aliphatic rings. The van der Waals surface area contributed by atoms with E-state index in [1.54, 1.807) is 0 Å². The normalized spacial score (nSPS) is 28.4. The SMILES string of the molecule is CCN(CC1CCCCC1=O)C1CC1. The average Bonchev–Trinajstić information content (AvgIpc) is 3.00. The molecule has 2 fully saturated rings. The van der Waals surface area contributed by atoms with Crippen LogP contribution in [-0.2, 0) is 4.79 Å². The summed E-state index contributed by atoms with van der Waals surface area (Å²) < 4.78 is 0. The van der Waals surface area contributed by atoms with Crippen LogP contribution in [-0.4, -0.2) is 29.8 Å². The van der Waals surface area contributed by atoms with Crippen LogP contribution in [0.2, 0.25) is 0 Å². The fraction of sp³-hybridized carbons (Fsp3) is 0.917. The Labute approximate surface area is 86.7 Å². The molecule has 1 unspecified atom stereocenters. The highest BCUT2D eigenvalue weighted by Crippen LogP contribution is 2.29. The Balaban J connectivity index is 1.84. The zero-order chi connectivity index (χ0) is 9.97. The molecule has 2 saturated carbocycles. The van der Waals surface area contributed by atoms with Crippen LogP contribution in [0.3, 0.4) is 0 Å². The van der Waals surface area contributed by atoms with Crippen LogP contribution in [0.5, 0.6) is 0 Å². The summed E-state index contributed by atoms with van der Waals surface area (Å²) in [4.78, 5) is 14.2. The highest BCUT2D eigenvalue weighted by molar-refractivity contribution is 5.81. The summed E-state index contributed by atoms with van der Waals surface area (Å²) in [5.74, 6) is 0.889. The minimum absolute atomic E-state index is 0.365. The van der Waals surface area contributed by atoms with Gasteiger partial charge >= 0.3 is 0 Å². The van der Waals surface area contributed by atoms with Gasteiger partial charge in [-0.15, -0.1) is 0 Å². The number of Topliss-reactive ketones (excluding diaryl/α,β-unsaturated/α-hetero) is 1. The van der Waals surface area contributed by atoms with Crippen molar-refractivity contribution in [2.75, 3.05) is 13.1 Å². The van der Waals surface area contributed by atoms with Crippen molar-refractivity contribution < 1.29 is 4.79 Å². The van der Waals surface area contributed by atoms with E-state index in [1.165, 1.54) is 19.3 Å². The fourth-order valence-electron chi connectivity index (χ4n) is 2.51. The number of hydrogen-bond donors (Lipinski definition) is 0. The Morgan fingerprint density at radius 2 is 2.07 bits per heavy atom. The molecule has 2 rings (SSSR count). The minimum atomic E-state index is 0.365. The second kappa shape index (κ2) is 4.43. The Kier molecular flexibility index (Phi) is 3.22. The second-order valence-electron chi connectivity index (χ2n) is 4.73. The molecule has 0 amide bonds. The van der Waals surface area contributed by atoms with E-state index in [-0.39, 0.29) is 0 Å². The van der Waals surface area contributed by atoms with Crippen molar-refractivity contribution in [3.8, 4) is 0 Å². The van der Waals surface area contributed by atoms with E-state index < -0.39 is 0 Å². The van der Waals surface area contributed by atoms with Gasteiger partial charge in [0.25, 0.3) is 0 Å². The summed E-state index contributed by atoms with van der Waals surface area (Å²) in [5.41, 5.74) is 0. The molecule has 1 atom stereocenters. The molecule has 0 saturated heterocycles. The van der Waals surface area contributed by atoms with Gasteiger partial charge in [0.2, 0.25) is 0 Å². The summed E-state index contributed by atoms with van der Waals surface area (Å²) in [6.07, 6.45) is 7.09. The molecule has 0 aromatic carbocycles. The van der Waals surface area contributed by atoms with Crippen LogP contribution in [0, 0.1) is 5.92 Å². The van der Waals surface area contributed by atoms with Gasteiger partial charge in [-0.05, 0) is 32.2 Å². The Morgan fingerprint density at radius 1 is 1.29 bits per heavy atom. The number of nitrogens with zero attached hydrogens (tertiary/aromatic N) is 1. The standard InChI is InChI=1S/C12H21NO/c1-2-13(11-7-8-11)9-10-5-3-4-6-12(10)14/h10-11H,2-9H2,1H3. The van der Waals surface area contributed by atoms with E-state index >= 15 is 0 Å². The van der Waals surface area contributed by atoms with Gasteiger partial charge < -0.3 is 0 Å². The van der Waals surface area contributed by atoms with E-state index in [9.17, 15) is 4.79 Å². The van der Waals surface area contributed by atoms with Crippen molar-refractivity contribution in [1.82, 2.24) is 4.90 Å². The lowest BCUT2D eigenvalue weighted by atomic mass is 9.87. The maximum absolute atomic E-state index is 11.7.